The molecule has 2 fully saturated rings. The normalized spacial score (nSPS) is 39.8. The van der Waals surface area contributed by atoms with Gasteiger partial charge in [0.1, 0.15) is 30.0 Å². The topological polar surface area (TPSA) is 118 Å². The Hall–Kier alpha value is -3.53. The lowest BCUT2D eigenvalue weighted by Crippen LogP contribution is -2.57. The zero-order valence-corrected chi connectivity index (χ0v) is 27.3. The lowest BCUT2D eigenvalue weighted by Gasteiger charge is -2.49. The quantitative estimate of drug-likeness (QED) is 0.268. The van der Waals surface area contributed by atoms with Gasteiger partial charge in [-0.2, -0.15) is 0 Å². The number of aliphatic hydroxyl groups excluding tert-OH is 1. The third-order valence-electron chi connectivity index (χ3n) is 10.8. The highest BCUT2D eigenvalue weighted by atomic mass is 16.6. The molecule has 2 heterocycles. The number of aliphatic hydroxyl groups is 1. The van der Waals surface area contributed by atoms with Gasteiger partial charge in [0, 0.05) is 42.3 Å². The minimum absolute atomic E-state index is 0.199. The molecule has 12 atom stereocenters. The monoisotopic (exact) mass is 632 g/mol. The Balaban J connectivity index is 1.34. The van der Waals surface area contributed by atoms with E-state index in [0.717, 1.165) is 11.1 Å². The largest absolute Gasteiger partial charge is 0.456 e. The van der Waals surface area contributed by atoms with Crippen LogP contribution in [0.1, 0.15) is 56.5 Å². The molecule has 1 unspecified atom stereocenters. The van der Waals surface area contributed by atoms with Crippen LogP contribution >= 0.6 is 0 Å². The zero-order chi connectivity index (χ0) is 32.9. The molecule has 9 heteroatoms. The first kappa shape index (κ1) is 32.4. The molecule has 0 amide bonds. The first-order valence-electron chi connectivity index (χ1n) is 16.3. The Labute approximate surface area is 270 Å². The predicted octanol–water partition coefficient (Wildman–Crippen LogP) is 4.82. The van der Waals surface area contributed by atoms with Crippen LogP contribution in [-0.2, 0) is 33.3 Å². The molecule has 9 nitrogen and oxygen atoms in total. The lowest BCUT2D eigenvalue weighted by atomic mass is 9.57. The zero-order valence-electron chi connectivity index (χ0n) is 27.3. The number of methoxy groups -OCH3 is 1. The molecule has 0 aromatic heterocycles. The van der Waals surface area contributed by atoms with Gasteiger partial charge >= 0.3 is 17.9 Å². The summed E-state index contributed by atoms with van der Waals surface area (Å²) in [5.41, 5.74) is 1.70. The smallest absolute Gasteiger partial charge is 0.338 e. The van der Waals surface area contributed by atoms with Gasteiger partial charge in [-0.25, -0.2) is 14.4 Å². The van der Waals surface area contributed by atoms with Gasteiger partial charge in [0.2, 0.25) is 0 Å². The van der Waals surface area contributed by atoms with Crippen molar-refractivity contribution in [2.75, 3.05) is 7.11 Å². The number of cyclic esters (lactones) is 1. The summed E-state index contributed by atoms with van der Waals surface area (Å²) < 4.78 is 30.8. The van der Waals surface area contributed by atoms with E-state index in [1.54, 1.807) is 25.1 Å². The molecule has 1 saturated heterocycles. The van der Waals surface area contributed by atoms with E-state index in [4.69, 9.17) is 23.7 Å². The van der Waals surface area contributed by atoms with Crippen molar-refractivity contribution in [3.05, 3.63) is 83.0 Å². The number of aryl methyl sites for hydroxylation is 1. The second-order valence-electron chi connectivity index (χ2n) is 13.5. The Morgan fingerprint density at radius 2 is 1.87 bits per heavy atom. The van der Waals surface area contributed by atoms with E-state index in [9.17, 15) is 19.5 Å². The summed E-state index contributed by atoms with van der Waals surface area (Å²) in [6.45, 7) is 9.37. The highest BCUT2D eigenvalue weighted by Gasteiger charge is 2.69. The second kappa shape index (κ2) is 12.6. The SMILES string of the molecule is CO[C@H]1CC2C=C[C@H]3[C@H]4O[C@]2(/C(C)=C/[C@@H](C)[C@@H]([C@@H](C)OC(=O)c2ccccc2C)OC1=O)[C@@H]3[C@H](O)[C@@H](C)[C@H]4OC(=O)C1=CC=CC1. The van der Waals surface area contributed by atoms with Gasteiger partial charge in [-0.05, 0) is 50.8 Å². The fraction of sp³-hybridized carbons (Fsp3) is 0.541. The Bertz CT molecular complexity index is 1510. The van der Waals surface area contributed by atoms with Crippen molar-refractivity contribution in [2.45, 2.75) is 89.7 Å². The van der Waals surface area contributed by atoms with Crippen LogP contribution in [0.4, 0.5) is 0 Å². The van der Waals surface area contributed by atoms with Crippen LogP contribution in [0.15, 0.2) is 71.9 Å². The first-order chi connectivity index (χ1) is 22.0. The van der Waals surface area contributed by atoms with Crippen molar-refractivity contribution < 1.29 is 43.2 Å². The molecule has 3 aliphatic carbocycles. The molecule has 46 heavy (non-hydrogen) atoms. The van der Waals surface area contributed by atoms with E-state index in [2.05, 4.69) is 6.08 Å². The second-order valence-corrected chi connectivity index (χ2v) is 13.5. The van der Waals surface area contributed by atoms with Gasteiger partial charge < -0.3 is 28.8 Å². The van der Waals surface area contributed by atoms with Gasteiger partial charge in [0.25, 0.3) is 0 Å². The Morgan fingerprint density at radius 1 is 1.11 bits per heavy atom. The molecule has 5 aliphatic rings. The van der Waals surface area contributed by atoms with Gasteiger partial charge in [0.15, 0.2) is 6.10 Å². The highest BCUT2D eigenvalue weighted by molar-refractivity contribution is 5.91. The van der Waals surface area contributed by atoms with Gasteiger partial charge in [-0.1, -0.05) is 68.5 Å². The van der Waals surface area contributed by atoms with Crippen LogP contribution in [0.3, 0.4) is 0 Å². The maximum Gasteiger partial charge on any atom is 0.338 e. The van der Waals surface area contributed by atoms with E-state index in [1.807, 2.05) is 64.1 Å². The van der Waals surface area contributed by atoms with Crippen LogP contribution in [0, 0.1) is 36.5 Å². The summed E-state index contributed by atoms with van der Waals surface area (Å²) >= 11 is 0. The summed E-state index contributed by atoms with van der Waals surface area (Å²) in [6, 6.07) is 7.18. The van der Waals surface area contributed by atoms with Crippen LogP contribution in [0.2, 0.25) is 0 Å². The standard InChI is InChI=1S/C37H44O9/c1-19-11-7-10-14-26(19)35(40)43-23(5)31-20(2)17-21(3)37-25(18-28(42-6)36(41)44-31)15-16-27-29(37)30(38)22(4)32(33(27)46-37)45-34(39)24-12-8-9-13-24/h7-12,14-17,20,22-23,25,27-33,38H,13,18H2,1-6H3/b21-17+/t20-,22-,23-,25?,27-,28+,29+,30-,31+,32-,33-,37+/m1/s1. The molecular weight excluding hydrogens is 588 g/mol. The van der Waals surface area contributed by atoms with Gasteiger partial charge in [-0.3, -0.25) is 0 Å². The van der Waals surface area contributed by atoms with Crippen LogP contribution in [0.5, 0.6) is 0 Å². The van der Waals surface area contributed by atoms with Crippen LogP contribution in [0.25, 0.3) is 0 Å². The van der Waals surface area contributed by atoms with E-state index in [0.29, 0.717) is 17.6 Å². The van der Waals surface area contributed by atoms with Crippen LogP contribution < -0.4 is 0 Å². The van der Waals surface area contributed by atoms with Crippen molar-refractivity contribution in [2.24, 2.45) is 29.6 Å². The third-order valence-corrected chi connectivity index (χ3v) is 10.8. The van der Waals surface area contributed by atoms with Gasteiger partial charge in [-0.15, -0.1) is 0 Å². The molecule has 2 aliphatic heterocycles. The maximum atomic E-state index is 13.6. The summed E-state index contributed by atoms with van der Waals surface area (Å²) in [7, 11) is 1.47. The molecule has 246 valence electrons. The summed E-state index contributed by atoms with van der Waals surface area (Å²) in [4.78, 5) is 39.9. The molecule has 1 aromatic rings. The molecule has 4 bridgehead atoms. The van der Waals surface area contributed by atoms with Crippen molar-refractivity contribution >= 4 is 17.9 Å². The minimum Gasteiger partial charge on any atom is -0.456 e. The van der Waals surface area contributed by atoms with Crippen molar-refractivity contribution in [3.8, 4) is 0 Å². The fourth-order valence-electron chi connectivity index (χ4n) is 8.38. The van der Waals surface area contributed by atoms with E-state index < -0.39 is 66.1 Å². The van der Waals surface area contributed by atoms with Crippen molar-refractivity contribution in [1.82, 2.24) is 0 Å². The Morgan fingerprint density at radius 3 is 2.57 bits per heavy atom. The van der Waals surface area contributed by atoms with E-state index in [-0.39, 0.29) is 30.1 Å². The average molecular weight is 633 g/mol. The number of benzene rings is 1. The average Bonchev–Trinajstić information content (AvgIpc) is 3.63. The molecule has 1 saturated carbocycles. The third kappa shape index (κ3) is 5.36. The van der Waals surface area contributed by atoms with E-state index in [1.165, 1.54) is 7.11 Å². The highest BCUT2D eigenvalue weighted by Crippen LogP contribution is 2.61. The van der Waals surface area contributed by atoms with Gasteiger partial charge in [0.05, 0.1) is 11.7 Å². The lowest BCUT2D eigenvalue weighted by molar-refractivity contribution is -0.173. The number of rotatable bonds is 6. The predicted molar refractivity (Wildman–Crippen MR) is 168 cm³/mol. The number of carbonyl (C=O) groups excluding carboxylic acids is 3. The van der Waals surface area contributed by atoms with Crippen molar-refractivity contribution in [3.63, 3.8) is 0 Å². The number of ether oxygens (including phenoxy) is 5. The maximum absolute atomic E-state index is 13.6. The molecule has 1 aromatic carbocycles. The molecule has 1 N–H and O–H groups in total. The Kier molecular flexibility index (Phi) is 8.87. The number of carbonyl (C=O) groups is 3. The molecular formula is C37H44O9. The molecule has 0 radical (unpaired) electrons. The summed E-state index contributed by atoms with van der Waals surface area (Å²) in [5.74, 6) is -3.10. The summed E-state index contributed by atoms with van der Waals surface area (Å²) in [5, 5.41) is 11.9. The number of hydrogen-bond acceptors (Lipinski definition) is 9. The molecule has 6 rings (SSSR count). The minimum atomic E-state index is -0.985. The number of esters is 3. The number of allylic oxidation sites excluding steroid dienone is 3. The number of hydrogen-bond donors (Lipinski definition) is 1. The molecule has 1 spiro atoms. The first-order valence-corrected chi connectivity index (χ1v) is 16.3. The summed E-state index contributed by atoms with van der Waals surface area (Å²) in [6.07, 6.45) is 7.85. The fourth-order valence-corrected chi connectivity index (χ4v) is 8.38. The van der Waals surface area contributed by atoms with Crippen molar-refractivity contribution in [1.29, 1.82) is 0 Å². The van der Waals surface area contributed by atoms with E-state index >= 15 is 0 Å². The van der Waals surface area contributed by atoms with Crippen LogP contribution in [-0.4, -0.2) is 72.3 Å².